The lowest BCUT2D eigenvalue weighted by Crippen LogP contribution is -2.55. The number of ether oxygens (including phenoxy) is 1. The van der Waals surface area contributed by atoms with Gasteiger partial charge in [0.25, 0.3) is 5.91 Å². The van der Waals surface area contributed by atoms with Crippen molar-refractivity contribution in [1.29, 1.82) is 0 Å². The molecule has 244 valence electrons. The quantitative estimate of drug-likeness (QED) is 0.195. The minimum absolute atomic E-state index is 0.195. The molecule has 3 rings (SSSR count). The fraction of sp³-hybridized carbons (Fsp3) is 0.395. The standard InChI is InChI=1S/C38H46ClN3O4/c1-9-28-20-22-30(23-21-28)34(35(43)41-33-26(4)14-13-17-31(33)39)42(27(5)19-18-25(2)3)36(44)32(24-29-15-11-10-12-16-29)40-37(45)46-38(6,7)8/h1,10-17,20-23,25,27,32,34H,18-19,24H2,2-8H3,(H,40,45)(H,41,43). The fourth-order valence-corrected chi connectivity index (χ4v) is 5.44. The lowest BCUT2D eigenvalue weighted by molar-refractivity contribution is -0.143. The first-order valence-corrected chi connectivity index (χ1v) is 16.1. The van der Waals surface area contributed by atoms with Crippen LogP contribution < -0.4 is 10.6 Å². The Hall–Kier alpha value is -4.28. The van der Waals surface area contributed by atoms with E-state index in [1.165, 1.54) is 0 Å². The van der Waals surface area contributed by atoms with Crippen LogP contribution in [0.4, 0.5) is 10.5 Å². The van der Waals surface area contributed by atoms with E-state index in [-0.39, 0.29) is 12.5 Å². The van der Waals surface area contributed by atoms with Gasteiger partial charge in [0.2, 0.25) is 5.91 Å². The molecule has 0 saturated carbocycles. The van der Waals surface area contributed by atoms with Crippen LogP contribution in [0.1, 0.15) is 82.7 Å². The number of aryl methyl sites for hydroxylation is 1. The highest BCUT2D eigenvalue weighted by Crippen LogP contribution is 2.32. The van der Waals surface area contributed by atoms with Crippen LogP contribution in [0.15, 0.2) is 72.8 Å². The van der Waals surface area contributed by atoms with E-state index in [0.717, 1.165) is 17.5 Å². The summed E-state index contributed by atoms with van der Waals surface area (Å²) in [4.78, 5) is 44.0. The number of alkyl carbamates (subject to hydrolysis) is 1. The van der Waals surface area contributed by atoms with Gasteiger partial charge in [0, 0.05) is 18.0 Å². The van der Waals surface area contributed by atoms with E-state index in [2.05, 4.69) is 30.4 Å². The summed E-state index contributed by atoms with van der Waals surface area (Å²) >= 11 is 6.53. The van der Waals surface area contributed by atoms with Crippen molar-refractivity contribution in [2.45, 2.75) is 91.5 Å². The van der Waals surface area contributed by atoms with Crippen LogP contribution in [0, 0.1) is 25.2 Å². The number of para-hydroxylation sites is 1. The van der Waals surface area contributed by atoms with Gasteiger partial charge in [0.15, 0.2) is 0 Å². The van der Waals surface area contributed by atoms with Gasteiger partial charge in [0.1, 0.15) is 17.7 Å². The fourth-order valence-electron chi connectivity index (χ4n) is 5.17. The van der Waals surface area contributed by atoms with Gasteiger partial charge in [-0.25, -0.2) is 4.79 Å². The summed E-state index contributed by atoms with van der Waals surface area (Å²) in [5, 5.41) is 6.21. The Labute approximate surface area is 279 Å². The molecule has 0 aliphatic rings. The van der Waals surface area contributed by atoms with Crippen molar-refractivity contribution in [2.24, 2.45) is 5.92 Å². The summed E-state index contributed by atoms with van der Waals surface area (Å²) in [5.41, 5.74) is 2.53. The number of nitrogens with zero attached hydrogens (tertiary/aromatic N) is 1. The van der Waals surface area contributed by atoms with Crippen molar-refractivity contribution in [3.8, 4) is 12.3 Å². The molecule has 0 aromatic heterocycles. The van der Waals surface area contributed by atoms with Gasteiger partial charge in [-0.2, -0.15) is 0 Å². The van der Waals surface area contributed by atoms with E-state index in [9.17, 15) is 14.4 Å². The largest absolute Gasteiger partial charge is 0.444 e. The Morgan fingerprint density at radius 2 is 1.59 bits per heavy atom. The molecular formula is C38H46ClN3O4. The Kier molecular flexibility index (Phi) is 12.8. The number of hydrogen-bond donors (Lipinski definition) is 2. The molecule has 3 aromatic rings. The van der Waals surface area contributed by atoms with Crippen molar-refractivity contribution < 1.29 is 19.1 Å². The molecule has 8 heteroatoms. The van der Waals surface area contributed by atoms with E-state index >= 15 is 0 Å². The maximum Gasteiger partial charge on any atom is 0.408 e. The second kappa shape index (κ2) is 16.3. The summed E-state index contributed by atoms with van der Waals surface area (Å²) in [7, 11) is 0. The zero-order valence-electron chi connectivity index (χ0n) is 27.9. The van der Waals surface area contributed by atoms with Crippen LogP contribution in [-0.4, -0.2) is 40.5 Å². The van der Waals surface area contributed by atoms with Crippen LogP contribution in [0.2, 0.25) is 5.02 Å². The predicted octanol–water partition coefficient (Wildman–Crippen LogP) is 8.10. The number of rotatable bonds is 12. The summed E-state index contributed by atoms with van der Waals surface area (Å²) in [6.45, 7) is 13.3. The number of amides is 3. The maximum atomic E-state index is 14.9. The highest BCUT2D eigenvalue weighted by atomic mass is 35.5. The van der Waals surface area contributed by atoms with Gasteiger partial charge in [-0.3, -0.25) is 9.59 Å². The first kappa shape index (κ1) is 36.2. The van der Waals surface area contributed by atoms with E-state index in [4.69, 9.17) is 22.8 Å². The highest BCUT2D eigenvalue weighted by molar-refractivity contribution is 6.34. The van der Waals surface area contributed by atoms with Gasteiger partial charge in [0.05, 0.1) is 10.7 Å². The third-order valence-corrected chi connectivity index (χ3v) is 7.87. The molecule has 0 saturated heterocycles. The lowest BCUT2D eigenvalue weighted by Gasteiger charge is -2.39. The third kappa shape index (κ3) is 10.4. The van der Waals surface area contributed by atoms with E-state index in [0.29, 0.717) is 34.2 Å². The number of anilines is 1. The van der Waals surface area contributed by atoms with Crippen molar-refractivity contribution in [3.63, 3.8) is 0 Å². The number of benzene rings is 3. The zero-order chi connectivity index (χ0) is 34.0. The van der Waals surface area contributed by atoms with Crippen LogP contribution in [0.25, 0.3) is 0 Å². The summed E-state index contributed by atoms with van der Waals surface area (Å²) in [6.07, 6.45) is 6.56. The summed E-state index contributed by atoms with van der Waals surface area (Å²) in [5.74, 6) is 2.12. The second-order valence-corrected chi connectivity index (χ2v) is 13.5. The molecule has 3 unspecified atom stereocenters. The third-order valence-electron chi connectivity index (χ3n) is 7.55. The molecule has 3 atom stereocenters. The Morgan fingerprint density at radius 1 is 0.935 bits per heavy atom. The van der Waals surface area contributed by atoms with Gasteiger partial charge in [-0.1, -0.05) is 86.0 Å². The van der Waals surface area contributed by atoms with Crippen LogP contribution in [0.3, 0.4) is 0 Å². The van der Waals surface area contributed by atoms with Crippen molar-refractivity contribution >= 4 is 35.2 Å². The molecule has 0 aliphatic carbocycles. The Bertz CT molecular complexity index is 1500. The van der Waals surface area contributed by atoms with Crippen molar-refractivity contribution in [2.75, 3.05) is 5.32 Å². The Morgan fingerprint density at radius 3 is 2.15 bits per heavy atom. The monoisotopic (exact) mass is 643 g/mol. The maximum absolute atomic E-state index is 14.9. The van der Waals surface area contributed by atoms with Crippen LogP contribution in [-0.2, 0) is 20.7 Å². The first-order chi connectivity index (χ1) is 21.7. The second-order valence-electron chi connectivity index (χ2n) is 13.0. The molecule has 0 fully saturated rings. The molecule has 7 nitrogen and oxygen atoms in total. The predicted molar refractivity (Wildman–Crippen MR) is 186 cm³/mol. The number of halogens is 1. The minimum Gasteiger partial charge on any atom is -0.444 e. The SMILES string of the molecule is C#Cc1ccc(C(C(=O)Nc2c(C)cccc2Cl)N(C(=O)C(Cc2ccccc2)NC(=O)OC(C)(C)C)C(C)CCC(C)C)cc1. The lowest BCUT2D eigenvalue weighted by atomic mass is 9.95. The van der Waals surface area contributed by atoms with Crippen molar-refractivity contribution in [1.82, 2.24) is 10.2 Å². The normalized spacial score (nSPS) is 13.2. The molecule has 3 amide bonds. The minimum atomic E-state index is -1.07. The smallest absolute Gasteiger partial charge is 0.408 e. The zero-order valence-corrected chi connectivity index (χ0v) is 28.7. The van der Waals surface area contributed by atoms with Gasteiger partial charge >= 0.3 is 6.09 Å². The number of carbonyl (C=O) groups is 3. The molecule has 0 heterocycles. The van der Waals surface area contributed by atoms with Crippen LogP contribution in [0.5, 0.6) is 0 Å². The molecule has 0 aliphatic heterocycles. The molecule has 0 spiro atoms. The van der Waals surface area contributed by atoms with Gasteiger partial charge in [-0.15, -0.1) is 6.42 Å². The first-order valence-electron chi connectivity index (χ1n) is 15.7. The van der Waals surface area contributed by atoms with E-state index < -0.39 is 35.6 Å². The molecular weight excluding hydrogens is 598 g/mol. The van der Waals surface area contributed by atoms with Gasteiger partial charge in [-0.05, 0) is 88.3 Å². The number of terminal acetylenes is 1. The van der Waals surface area contributed by atoms with Crippen molar-refractivity contribution in [3.05, 3.63) is 100 Å². The molecule has 0 radical (unpaired) electrons. The number of carbonyl (C=O) groups excluding carboxylic acids is 3. The Balaban J connectivity index is 2.17. The van der Waals surface area contributed by atoms with Gasteiger partial charge < -0.3 is 20.3 Å². The average Bonchev–Trinajstić information content (AvgIpc) is 2.99. The number of hydrogen-bond acceptors (Lipinski definition) is 4. The molecule has 2 N–H and O–H groups in total. The topological polar surface area (TPSA) is 87.7 Å². The summed E-state index contributed by atoms with van der Waals surface area (Å²) < 4.78 is 5.57. The average molecular weight is 644 g/mol. The molecule has 0 bridgehead atoms. The number of nitrogens with one attached hydrogen (secondary N) is 2. The van der Waals surface area contributed by atoms with E-state index in [1.807, 2.05) is 56.3 Å². The highest BCUT2D eigenvalue weighted by Gasteiger charge is 2.39. The molecule has 3 aromatic carbocycles. The van der Waals surface area contributed by atoms with E-state index in [1.54, 1.807) is 56.0 Å². The van der Waals surface area contributed by atoms with Crippen LogP contribution >= 0.6 is 11.6 Å². The summed E-state index contributed by atoms with van der Waals surface area (Å²) in [6, 6.07) is 19.3. The molecule has 46 heavy (non-hydrogen) atoms.